The van der Waals surface area contributed by atoms with Crippen LogP contribution in [0.3, 0.4) is 0 Å². The number of rotatable bonds is 6. The van der Waals surface area contributed by atoms with E-state index in [1.54, 1.807) is 0 Å². The van der Waals surface area contributed by atoms with Gasteiger partial charge in [-0.2, -0.15) is 0 Å². The summed E-state index contributed by atoms with van der Waals surface area (Å²) in [5.41, 5.74) is 1.20. The van der Waals surface area contributed by atoms with Crippen molar-refractivity contribution in [2.45, 2.75) is 32.8 Å². The van der Waals surface area contributed by atoms with Gasteiger partial charge < -0.3 is 19.5 Å². The molecule has 1 aliphatic heterocycles. The molecule has 1 aromatic carbocycles. The fourth-order valence-electron chi connectivity index (χ4n) is 2.93. The molecule has 1 saturated heterocycles. The number of ether oxygens (including phenoxy) is 2. The topological polar surface area (TPSA) is 41.9 Å². The largest absolute Gasteiger partial charge is 0.490 e. The molecule has 1 aliphatic rings. The Labute approximate surface area is 127 Å². The van der Waals surface area contributed by atoms with Crippen molar-refractivity contribution >= 4 is 0 Å². The molecular formula is C17H27NO3. The Bertz CT molecular complexity index is 450. The number of piperidine rings is 1. The van der Waals surface area contributed by atoms with Crippen LogP contribution in [0.5, 0.6) is 11.5 Å². The van der Waals surface area contributed by atoms with E-state index in [1.165, 1.54) is 5.56 Å². The van der Waals surface area contributed by atoms with Crippen molar-refractivity contribution in [2.24, 2.45) is 5.92 Å². The van der Waals surface area contributed by atoms with E-state index >= 15 is 0 Å². The Morgan fingerprint density at radius 1 is 1.19 bits per heavy atom. The minimum Gasteiger partial charge on any atom is -0.490 e. The summed E-state index contributed by atoms with van der Waals surface area (Å²) in [5.74, 6) is 1.89. The Morgan fingerprint density at radius 3 is 2.62 bits per heavy atom. The maximum absolute atomic E-state index is 10.2. The van der Waals surface area contributed by atoms with Gasteiger partial charge in [0.25, 0.3) is 0 Å². The van der Waals surface area contributed by atoms with Gasteiger partial charge in [0.05, 0.1) is 19.3 Å². The summed E-state index contributed by atoms with van der Waals surface area (Å²) in [4.78, 5) is 2.29. The standard InChI is InChI=1S/C17H27NO3/c1-4-20-16-7-6-13(11-17(16)21-5-2)10-14-12-18(3)9-8-15(14)19/h6-7,11,14-15,19H,4-5,8-10,12H2,1-3H3. The molecular weight excluding hydrogens is 266 g/mol. The van der Waals surface area contributed by atoms with Crippen LogP contribution in [-0.4, -0.2) is 49.5 Å². The van der Waals surface area contributed by atoms with Crippen molar-refractivity contribution in [1.29, 1.82) is 0 Å². The van der Waals surface area contributed by atoms with Gasteiger partial charge in [-0.15, -0.1) is 0 Å². The number of nitrogens with zero attached hydrogens (tertiary/aromatic N) is 1. The third kappa shape index (κ3) is 4.35. The maximum Gasteiger partial charge on any atom is 0.161 e. The highest BCUT2D eigenvalue weighted by atomic mass is 16.5. The van der Waals surface area contributed by atoms with Gasteiger partial charge in [-0.1, -0.05) is 6.07 Å². The molecule has 2 rings (SSSR count). The first-order valence-electron chi connectivity index (χ1n) is 7.89. The van der Waals surface area contributed by atoms with E-state index in [-0.39, 0.29) is 12.0 Å². The number of aliphatic hydroxyl groups excluding tert-OH is 1. The second-order valence-corrected chi connectivity index (χ2v) is 5.73. The minimum absolute atomic E-state index is 0.205. The highest BCUT2D eigenvalue weighted by Gasteiger charge is 2.26. The lowest BCUT2D eigenvalue weighted by atomic mass is 9.89. The molecule has 0 spiro atoms. The van der Waals surface area contributed by atoms with Crippen molar-refractivity contribution < 1.29 is 14.6 Å². The monoisotopic (exact) mass is 293 g/mol. The second kappa shape index (κ2) is 7.66. The van der Waals surface area contributed by atoms with Crippen LogP contribution in [0.15, 0.2) is 18.2 Å². The third-order valence-corrected chi connectivity index (χ3v) is 4.00. The summed E-state index contributed by atoms with van der Waals surface area (Å²) in [6, 6.07) is 6.10. The molecule has 1 fully saturated rings. The highest BCUT2D eigenvalue weighted by Crippen LogP contribution is 2.30. The van der Waals surface area contributed by atoms with Gasteiger partial charge in [0.2, 0.25) is 0 Å². The number of hydrogen-bond acceptors (Lipinski definition) is 4. The van der Waals surface area contributed by atoms with Gasteiger partial charge in [-0.25, -0.2) is 0 Å². The fourth-order valence-corrected chi connectivity index (χ4v) is 2.93. The molecule has 0 saturated carbocycles. The number of hydrogen-bond donors (Lipinski definition) is 1. The van der Waals surface area contributed by atoms with Gasteiger partial charge in [0, 0.05) is 19.0 Å². The maximum atomic E-state index is 10.2. The van der Waals surface area contributed by atoms with E-state index in [0.717, 1.165) is 37.4 Å². The van der Waals surface area contributed by atoms with E-state index in [1.807, 2.05) is 19.9 Å². The van der Waals surface area contributed by atoms with Gasteiger partial charge in [0.1, 0.15) is 0 Å². The Hall–Kier alpha value is -1.26. The number of likely N-dealkylation sites (tertiary alicyclic amines) is 1. The Morgan fingerprint density at radius 2 is 1.90 bits per heavy atom. The molecule has 0 aliphatic carbocycles. The highest BCUT2D eigenvalue weighted by molar-refractivity contribution is 5.43. The molecule has 1 N–H and O–H groups in total. The van der Waals surface area contributed by atoms with Crippen molar-refractivity contribution in [2.75, 3.05) is 33.4 Å². The van der Waals surface area contributed by atoms with Crippen LogP contribution in [-0.2, 0) is 6.42 Å². The van der Waals surface area contributed by atoms with E-state index in [9.17, 15) is 5.11 Å². The second-order valence-electron chi connectivity index (χ2n) is 5.73. The smallest absolute Gasteiger partial charge is 0.161 e. The normalized spacial score (nSPS) is 23.0. The first-order chi connectivity index (χ1) is 10.1. The summed E-state index contributed by atoms with van der Waals surface area (Å²) in [6.07, 6.45) is 1.53. The van der Waals surface area contributed by atoms with Crippen LogP contribution in [0.1, 0.15) is 25.8 Å². The van der Waals surface area contributed by atoms with E-state index < -0.39 is 0 Å². The molecule has 21 heavy (non-hydrogen) atoms. The lowest BCUT2D eigenvalue weighted by Crippen LogP contribution is -2.41. The van der Waals surface area contributed by atoms with Crippen molar-refractivity contribution in [1.82, 2.24) is 4.90 Å². The molecule has 2 unspecified atom stereocenters. The van der Waals surface area contributed by atoms with E-state index in [2.05, 4.69) is 24.1 Å². The average molecular weight is 293 g/mol. The molecule has 0 amide bonds. The van der Waals surface area contributed by atoms with Crippen molar-refractivity contribution in [3.05, 3.63) is 23.8 Å². The van der Waals surface area contributed by atoms with Gasteiger partial charge >= 0.3 is 0 Å². The predicted molar refractivity (Wildman–Crippen MR) is 84.1 cm³/mol. The predicted octanol–water partition coefficient (Wildman–Crippen LogP) is 2.34. The number of aliphatic hydroxyl groups is 1. The lowest BCUT2D eigenvalue weighted by molar-refractivity contribution is 0.0366. The molecule has 4 heteroatoms. The van der Waals surface area contributed by atoms with Gasteiger partial charge in [0.15, 0.2) is 11.5 Å². The van der Waals surface area contributed by atoms with Crippen LogP contribution in [0.4, 0.5) is 0 Å². The van der Waals surface area contributed by atoms with Crippen molar-refractivity contribution in [3.8, 4) is 11.5 Å². The van der Waals surface area contributed by atoms with Gasteiger partial charge in [-0.3, -0.25) is 0 Å². The quantitative estimate of drug-likeness (QED) is 0.874. The molecule has 0 aromatic heterocycles. The SMILES string of the molecule is CCOc1ccc(CC2CN(C)CCC2O)cc1OCC. The zero-order valence-corrected chi connectivity index (χ0v) is 13.3. The lowest BCUT2D eigenvalue weighted by Gasteiger charge is -2.34. The molecule has 2 atom stereocenters. The minimum atomic E-state index is -0.205. The first-order valence-corrected chi connectivity index (χ1v) is 7.89. The van der Waals surface area contributed by atoms with Crippen LogP contribution >= 0.6 is 0 Å². The first kappa shape index (κ1) is 16.1. The number of benzene rings is 1. The molecule has 4 nitrogen and oxygen atoms in total. The molecule has 0 radical (unpaired) electrons. The van der Waals surface area contributed by atoms with Gasteiger partial charge in [-0.05, 0) is 51.4 Å². The Balaban J connectivity index is 2.10. The van der Waals surface area contributed by atoms with E-state index in [4.69, 9.17) is 9.47 Å². The molecule has 1 heterocycles. The van der Waals surface area contributed by atoms with Crippen LogP contribution in [0.25, 0.3) is 0 Å². The molecule has 0 bridgehead atoms. The molecule has 1 aromatic rings. The summed E-state index contributed by atoms with van der Waals surface area (Å²) in [7, 11) is 2.11. The average Bonchev–Trinajstić information content (AvgIpc) is 2.46. The fraction of sp³-hybridized carbons (Fsp3) is 0.647. The van der Waals surface area contributed by atoms with Crippen LogP contribution < -0.4 is 9.47 Å². The van der Waals surface area contributed by atoms with Crippen LogP contribution in [0.2, 0.25) is 0 Å². The van der Waals surface area contributed by atoms with E-state index in [0.29, 0.717) is 13.2 Å². The zero-order valence-electron chi connectivity index (χ0n) is 13.3. The zero-order chi connectivity index (χ0) is 15.2. The Kier molecular flexibility index (Phi) is 5.88. The third-order valence-electron chi connectivity index (χ3n) is 4.00. The molecule has 118 valence electrons. The summed E-state index contributed by atoms with van der Waals surface area (Å²) < 4.78 is 11.3. The summed E-state index contributed by atoms with van der Waals surface area (Å²) in [5, 5.41) is 10.2. The van der Waals surface area contributed by atoms with Crippen molar-refractivity contribution in [3.63, 3.8) is 0 Å². The summed E-state index contributed by atoms with van der Waals surface area (Å²) >= 11 is 0. The summed E-state index contributed by atoms with van der Waals surface area (Å²) in [6.45, 7) is 7.12. The van der Waals surface area contributed by atoms with Crippen LogP contribution in [0, 0.1) is 5.92 Å².